The average Bonchev–Trinajstić information content (AvgIpc) is 3.45. The summed E-state index contributed by atoms with van der Waals surface area (Å²) in [5, 5.41) is 16.5. The Kier molecular flexibility index (Phi) is 4.10. The van der Waals surface area contributed by atoms with Gasteiger partial charge in [0.05, 0.1) is 5.56 Å². The van der Waals surface area contributed by atoms with E-state index in [0.717, 1.165) is 11.1 Å². The Morgan fingerprint density at radius 3 is 1.55 bits per heavy atom. The van der Waals surface area contributed by atoms with Gasteiger partial charge in [0, 0.05) is 22.4 Å². The summed E-state index contributed by atoms with van der Waals surface area (Å²) in [5.41, 5.74) is 9.78. The lowest BCUT2D eigenvalue weighted by atomic mass is 10.1. The summed E-state index contributed by atoms with van der Waals surface area (Å²) < 4.78 is 11.6. The molecule has 2 N–H and O–H groups in total. The molecule has 0 fully saturated rings. The van der Waals surface area contributed by atoms with Crippen molar-refractivity contribution >= 4 is 5.69 Å². The van der Waals surface area contributed by atoms with Gasteiger partial charge >= 0.3 is 0 Å². The molecule has 0 amide bonds. The molecule has 0 saturated heterocycles. The molecule has 0 aliphatic heterocycles. The molecule has 5 rings (SSSR count). The Labute approximate surface area is 165 Å². The van der Waals surface area contributed by atoms with Crippen molar-refractivity contribution in [2.45, 2.75) is 0 Å². The molecular formula is C22H15N5O2. The maximum atomic E-state index is 6.24. The van der Waals surface area contributed by atoms with Crippen LogP contribution in [-0.4, -0.2) is 20.4 Å². The molecule has 29 heavy (non-hydrogen) atoms. The standard InChI is InChI=1S/C22H15N5O2/c23-18-13-16(21-26-24-19(28-21)14-7-3-1-4-8-14)11-12-17(18)22-27-25-20(29-22)15-9-5-2-6-10-15/h1-13H,23H2. The Morgan fingerprint density at radius 2 is 1.00 bits per heavy atom. The molecule has 7 heteroatoms. The van der Waals surface area contributed by atoms with Crippen LogP contribution in [0.5, 0.6) is 0 Å². The van der Waals surface area contributed by atoms with Crippen LogP contribution in [0.25, 0.3) is 45.8 Å². The van der Waals surface area contributed by atoms with Gasteiger partial charge in [0.15, 0.2) is 0 Å². The van der Waals surface area contributed by atoms with E-state index in [0.29, 0.717) is 40.4 Å². The third-order valence-corrected chi connectivity index (χ3v) is 4.42. The predicted octanol–water partition coefficient (Wildman–Crippen LogP) is 4.70. The number of anilines is 1. The number of hydrogen-bond donors (Lipinski definition) is 1. The van der Waals surface area contributed by atoms with Gasteiger partial charge in [0.25, 0.3) is 0 Å². The van der Waals surface area contributed by atoms with E-state index in [4.69, 9.17) is 14.6 Å². The van der Waals surface area contributed by atoms with Crippen molar-refractivity contribution in [1.29, 1.82) is 0 Å². The molecule has 5 aromatic rings. The molecule has 0 unspecified atom stereocenters. The lowest BCUT2D eigenvalue weighted by molar-refractivity contribution is 0.583. The summed E-state index contributed by atoms with van der Waals surface area (Å²) >= 11 is 0. The van der Waals surface area contributed by atoms with Crippen molar-refractivity contribution < 1.29 is 8.83 Å². The van der Waals surface area contributed by atoms with Gasteiger partial charge in [-0.25, -0.2) is 0 Å². The van der Waals surface area contributed by atoms with Crippen LogP contribution in [-0.2, 0) is 0 Å². The van der Waals surface area contributed by atoms with Crippen LogP contribution in [0.3, 0.4) is 0 Å². The fraction of sp³-hybridized carbons (Fsp3) is 0. The van der Waals surface area contributed by atoms with Crippen molar-refractivity contribution in [3.05, 3.63) is 78.9 Å². The van der Waals surface area contributed by atoms with Crippen LogP contribution < -0.4 is 5.73 Å². The lowest BCUT2D eigenvalue weighted by Crippen LogP contribution is -1.91. The summed E-state index contributed by atoms with van der Waals surface area (Å²) in [6.07, 6.45) is 0. The van der Waals surface area contributed by atoms with Crippen LogP contribution >= 0.6 is 0 Å². The van der Waals surface area contributed by atoms with E-state index in [9.17, 15) is 0 Å². The van der Waals surface area contributed by atoms with Crippen molar-refractivity contribution in [3.63, 3.8) is 0 Å². The molecule has 0 atom stereocenters. The normalized spacial score (nSPS) is 10.9. The summed E-state index contributed by atoms with van der Waals surface area (Å²) in [6.45, 7) is 0. The first-order valence-corrected chi connectivity index (χ1v) is 8.96. The third kappa shape index (κ3) is 3.25. The quantitative estimate of drug-likeness (QED) is 0.450. The van der Waals surface area contributed by atoms with Crippen molar-refractivity contribution in [3.8, 4) is 45.8 Å². The topological polar surface area (TPSA) is 104 Å². The van der Waals surface area contributed by atoms with E-state index in [-0.39, 0.29) is 0 Å². The van der Waals surface area contributed by atoms with E-state index in [1.807, 2.05) is 66.7 Å². The van der Waals surface area contributed by atoms with Crippen LogP contribution in [0.1, 0.15) is 0 Å². The summed E-state index contributed by atoms with van der Waals surface area (Å²) in [7, 11) is 0. The minimum Gasteiger partial charge on any atom is -0.416 e. The van der Waals surface area contributed by atoms with E-state index < -0.39 is 0 Å². The maximum Gasteiger partial charge on any atom is 0.250 e. The molecule has 0 aliphatic carbocycles. The fourth-order valence-corrected chi connectivity index (χ4v) is 2.96. The van der Waals surface area contributed by atoms with E-state index >= 15 is 0 Å². The Bertz CT molecular complexity index is 1260. The SMILES string of the molecule is Nc1cc(-c2nnc(-c3ccccc3)o2)ccc1-c1nnc(-c2ccccc2)o1. The second-order valence-corrected chi connectivity index (χ2v) is 6.36. The van der Waals surface area contributed by atoms with Gasteiger partial charge < -0.3 is 14.6 Å². The highest BCUT2D eigenvalue weighted by atomic mass is 16.4. The van der Waals surface area contributed by atoms with E-state index in [1.165, 1.54) is 0 Å². The average molecular weight is 381 g/mol. The molecule has 0 saturated carbocycles. The summed E-state index contributed by atoms with van der Waals surface area (Å²) in [6, 6.07) is 24.5. The first-order valence-electron chi connectivity index (χ1n) is 8.96. The second kappa shape index (κ2) is 7.05. The van der Waals surface area contributed by atoms with Gasteiger partial charge in [0.1, 0.15) is 0 Å². The highest BCUT2D eigenvalue weighted by molar-refractivity contribution is 5.76. The first-order chi connectivity index (χ1) is 14.3. The molecule has 2 aromatic heterocycles. The van der Waals surface area contributed by atoms with Crippen LogP contribution in [0, 0.1) is 0 Å². The van der Waals surface area contributed by atoms with Gasteiger partial charge in [-0.15, -0.1) is 20.4 Å². The Morgan fingerprint density at radius 1 is 0.517 bits per heavy atom. The zero-order valence-electron chi connectivity index (χ0n) is 15.2. The van der Waals surface area contributed by atoms with Crippen LogP contribution in [0.4, 0.5) is 5.69 Å². The zero-order valence-corrected chi connectivity index (χ0v) is 15.2. The molecule has 7 nitrogen and oxygen atoms in total. The van der Waals surface area contributed by atoms with Gasteiger partial charge in [-0.3, -0.25) is 0 Å². The molecular weight excluding hydrogens is 366 g/mol. The number of hydrogen-bond acceptors (Lipinski definition) is 7. The summed E-state index contributed by atoms with van der Waals surface area (Å²) in [5.74, 6) is 1.63. The van der Waals surface area contributed by atoms with E-state index in [2.05, 4.69) is 20.4 Å². The monoisotopic (exact) mass is 381 g/mol. The molecule has 0 spiro atoms. The predicted molar refractivity (Wildman–Crippen MR) is 108 cm³/mol. The molecule has 0 bridgehead atoms. The summed E-state index contributed by atoms with van der Waals surface area (Å²) in [4.78, 5) is 0. The maximum absolute atomic E-state index is 6.24. The number of nitrogens with two attached hydrogens (primary N) is 1. The lowest BCUT2D eigenvalue weighted by Gasteiger charge is -2.03. The Hall–Kier alpha value is -4.26. The highest BCUT2D eigenvalue weighted by Crippen LogP contribution is 2.32. The molecule has 140 valence electrons. The number of benzene rings is 3. The number of aromatic nitrogens is 4. The van der Waals surface area contributed by atoms with Gasteiger partial charge in [-0.1, -0.05) is 36.4 Å². The van der Waals surface area contributed by atoms with Crippen molar-refractivity contribution in [1.82, 2.24) is 20.4 Å². The van der Waals surface area contributed by atoms with Crippen LogP contribution in [0.2, 0.25) is 0 Å². The van der Waals surface area contributed by atoms with Gasteiger partial charge in [0.2, 0.25) is 23.6 Å². The first kappa shape index (κ1) is 16.9. The van der Waals surface area contributed by atoms with Crippen LogP contribution in [0.15, 0.2) is 87.7 Å². The van der Waals surface area contributed by atoms with E-state index in [1.54, 1.807) is 12.1 Å². The number of rotatable bonds is 4. The minimum atomic E-state index is 0.350. The molecule has 3 aromatic carbocycles. The van der Waals surface area contributed by atoms with Crippen molar-refractivity contribution in [2.75, 3.05) is 5.73 Å². The second-order valence-electron chi connectivity index (χ2n) is 6.36. The smallest absolute Gasteiger partial charge is 0.250 e. The minimum absolute atomic E-state index is 0.350. The van der Waals surface area contributed by atoms with Gasteiger partial charge in [-0.2, -0.15) is 0 Å². The number of nitrogen functional groups attached to an aromatic ring is 1. The fourth-order valence-electron chi connectivity index (χ4n) is 2.96. The largest absolute Gasteiger partial charge is 0.416 e. The Balaban J connectivity index is 1.44. The molecule has 0 aliphatic rings. The zero-order chi connectivity index (χ0) is 19.6. The van der Waals surface area contributed by atoms with Gasteiger partial charge in [-0.05, 0) is 42.5 Å². The highest BCUT2D eigenvalue weighted by Gasteiger charge is 2.16. The number of nitrogens with zero attached hydrogens (tertiary/aromatic N) is 4. The molecule has 2 heterocycles. The third-order valence-electron chi connectivity index (χ3n) is 4.42. The van der Waals surface area contributed by atoms with Crippen molar-refractivity contribution in [2.24, 2.45) is 0 Å². The molecule has 0 radical (unpaired) electrons.